The lowest BCUT2D eigenvalue weighted by molar-refractivity contribution is -0.131. The van der Waals surface area contributed by atoms with Crippen molar-refractivity contribution in [2.24, 2.45) is 0 Å². The fraction of sp³-hybridized carbons (Fsp3) is 0.312. The molecule has 0 N–H and O–H groups in total. The summed E-state index contributed by atoms with van der Waals surface area (Å²) >= 11 is 1.85. The molecule has 1 aliphatic rings. The van der Waals surface area contributed by atoms with Crippen LogP contribution in [0.15, 0.2) is 47.5 Å². The van der Waals surface area contributed by atoms with E-state index in [1.807, 2.05) is 47.0 Å². The predicted octanol–water partition coefficient (Wildman–Crippen LogP) is 1.49. The van der Waals surface area contributed by atoms with Crippen molar-refractivity contribution >= 4 is 17.7 Å². The Balaban J connectivity index is 1.81. The van der Waals surface area contributed by atoms with E-state index in [9.17, 15) is 9.59 Å². The highest BCUT2D eigenvalue weighted by Gasteiger charge is 2.17. The van der Waals surface area contributed by atoms with Crippen LogP contribution in [0, 0.1) is 0 Å². The third-order valence-electron chi connectivity index (χ3n) is 3.61. The molecule has 2 aromatic rings. The zero-order chi connectivity index (χ0) is 15.4. The number of amides is 1. The Kier molecular flexibility index (Phi) is 4.58. The standard InChI is InChI=1S/C16H17N3O2S/c20-15-10-17-14(13-4-2-1-3-5-13)11-19(15)12-16(21)18-6-8-22-9-7-18/h1-5,10-11H,6-9,12H2. The fourth-order valence-corrected chi connectivity index (χ4v) is 3.29. The van der Waals surface area contributed by atoms with Crippen LogP contribution in [0.3, 0.4) is 0 Å². The van der Waals surface area contributed by atoms with Crippen LogP contribution in [0.5, 0.6) is 0 Å². The number of carbonyl (C=O) groups is 1. The molecule has 1 aromatic heterocycles. The minimum absolute atomic E-state index is 0.00684. The Morgan fingerprint density at radius 3 is 2.64 bits per heavy atom. The Morgan fingerprint density at radius 2 is 1.91 bits per heavy atom. The molecule has 1 aliphatic heterocycles. The van der Waals surface area contributed by atoms with Gasteiger partial charge >= 0.3 is 0 Å². The molecule has 0 unspecified atom stereocenters. The van der Waals surface area contributed by atoms with E-state index in [1.54, 1.807) is 6.20 Å². The SMILES string of the molecule is O=C(Cn1cc(-c2ccccc2)ncc1=O)N1CCSCC1. The van der Waals surface area contributed by atoms with E-state index in [2.05, 4.69) is 4.98 Å². The molecule has 0 radical (unpaired) electrons. The summed E-state index contributed by atoms with van der Waals surface area (Å²) in [5, 5.41) is 0. The van der Waals surface area contributed by atoms with Gasteiger partial charge in [0.25, 0.3) is 5.56 Å². The summed E-state index contributed by atoms with van der Waals surface area (Å²) in [6.45, 7) is 1.59. The van der Waals surface area contributed by atoms with Crippen molar-refractivity contribution in [3.05, 3.63) is 53.1 Å². The summed E-state index contributed by atoms with van der Waals surface area (Å²) in [6, 6.07) is 9.63. The lowest BCUT2D eigenvalue weighted by Gasteiger charge is -2.26. The molecule has 0 aliphatic carbocycles. The second-order valence-corrected chi connectivity index (χ2v) is 6.32. The highest BCUT2D eigenvalue weighted by atomic mass is 32.2. The Hall–Kier alpha value is -2.08. The van der Waals surface area contributed by atoms with E-state index in [4.69, 9.17) is 0 Å². The van der Waals surface area contributed by atoms with Gasteiger partial charge in [-0.1, -0.05) is 30.3 Å². The van der Waals surface area contributed by atoms with Crippen molar-refractivity contribution in [3.8, 4) is 11.3 Å². The summed E-state index contributed by atoms with van der Waals surface area (Å²) in [6.07, 6.45) is 2.94. The van der Waals surface area contributed by atoms with Gasteiger partial charge in [0.1, 0.15) is 6.54 Å². The first-order valence-electron chi connectivity index (χ1n) is 7.21. The average molecular weight is 315 g/mol. The van der Waals surface area contributed by atoms with Crippen LogP contribution in [0.4, 0.5) is 0 Å². The molecule has 1 saturated heterocycles. The van der Waals surface area contributed by atoms with Crippen molar-refractivity contribution in [1.29, 1.82) is 0 Å². The first-order chi connectivity index (χ1) is 10.7. The van der Waals surface area contributed by atoms with Gasteiger partial charge in [-0.3, -0.25) is 9.59 Å². The molecule has 1 fully saturated rings. The van der Waals surface area contributed by atoms with E-state index in [0.29, 0.717) is 5.69 Å². The number of hydrogen-bond acceptors (Lipinski definition) is 4. The molecule has 3 rings (SSSR count). The largest absolute Gasteiger partial charge is 0.339 e. The lowest BCUT2D eigenvalue weighted by Crippen LogP contribution is -2.41. The van der Waals surface area contributed by atoms with Crippen LogP contribution >= 0.6 is 11.8 Å². The smallest absolute Gasteiger partial charge is 0.269 e. The third-order valence-corrected chi connectivity index (χ3v) is 4.56. The minimum atomic E-state index is -0.251. The van der Waals surface area contributed by atoms with Crippen LogP contribution in [0.1, 0.15) is 0 Å². The normalized spacial score (nSPS) is 14.8. The van der Waals surface area contributed by atoms with Gasteiger partial charge in [-0.15, -0.1) is 0 Å². The number of rotatable bonds is 3. The summed E-state index contributed by atoms with van der Waals surface area (Å²) in [5.74, 6) is 1.92. The van der Waals surface area contributed by atoms with Crippen LogP contribution in [-0.4, -0.2) is 45.0 Å². The molecule has 114 valence electrons. The minimum Gasteiger partial charge on any atom is -0.339 e. The van der Waals surface area contributed by atoms with Crippen LogP contribution < -0.4 is 5.56 Å². The molecule has 0 spiro atoms. The highest BCUT2D eigenvalue weighted by Crippen LogP contribution is 2.14. The maximum absolute atomic E-state index is 12.3. The van der Waals surface area contributed by atoms with Crippen molar-refractivity contribution in [1.82, 2.24) is 14.5 Å². The van der Waals surface area contributed by atoms with E-state index in [-0.39, 0.29) is 18.0 Å². The first-order valence-corrected chi connectivity index (χ1v) is 8.37. The van der Waals surface area contributed by atoms with Gasteiger partial charge in [0, 0.05) is 36.4 Å². The first kappa shape index (κ1) is 14.8. The van der Waals surface area contributed by atoms with Gasteiger partial charge < -0.3 is 9.47 Å². The molecule has 1 amide bonds. The molecular weight excluding hydrogens is 298 g/mol. The van der Waals surface area contributed by atoms with Crippen molar-refractivity contribution in [3.63, 3.8) is 0 Å². The van der Waals surface area contributed by atoms with Crippen molar-refractivity contribution in [2.45, 2.75) is 6.54 Å². The topological polar surface area (TPSA) is 55.2 Å². The van der Waals surface area contributed by atoms with Crippen molar-refractivity contribution < 1.29 is 4.79 Å². The van der Waals surface area contributed by atoms with Gasteiger partial charge in [0.15, 0.2) is 0 Å². The molecule has 1 aromatic carbocycles. The Labute approximate surface area is 133 Å². The average Bonchev–Trinajstić information content (AvgIpc) is 2.58. The Bertz CT molecular complexity index is 709. The highest BCUT2D eigenvalue weighted by molar-refractivity contribution is 7.99. The fourth-order valence-electron chi connectivity index (χ4n) is 2.38. The number of carbonyl (C=O) groups excluding carboxylic acids is 1. The summed E-state index contributed by atoms with van der Waals surface area (Å²) in [4.78, 5) is 30.2. The molecular formula is C16H17N3O2S. The van der Waals surface area contributed by atoms with Crippen LogP contribution in [-0.2, 0) is 11.3 Å². The maximum atomic E-state index is 12.3. The molecule has 2 heterocycles. The monoisotopic (exact) mass is 315 g/mol. The summed E-state index contributed by atoms with van der Waals surface area (Å²) < 4.78 is 1.44. The number of aromatic nitrogens is 2. The molecule has 0 bridgehead atoms. The molecule has 6 heteroatoms. The van der Waals surface area contributed by atoms with Gasteiger partial charge in [-0.2, -0.15) is 11.8 Å². The second-order valence-electron chi connectivity index (χ2n) is 5.10. The van der Waals surface area contributed by atoms with Gasteiger partial charge in [0.2, 0.25) is 5.91 Å². The van der Waals surface area contributed by atoms with Crippen LogP contribution in [0.25, 0.3) is 11.3 Å². The zero-order valence-electron chi connectivity index (χ0n) is 12.1. The van der Waals surface area contributed by atoms with Gasteiger partial charge in [0.05, 0.1) is 11.9 Å². The third kappa shape index (κ3) is 3.39. The van der Waals surface area contributed by atoms with E-state index in [0.717, 1.165) is 30.2 Å². The zero-order valence-corrected chi connectivity index (χ0v) is 13.0. The van der Waals surface area contributed by atoms with E-state index < -0.39 is 0 Å². The van der Waals surface area contributed by atoms with Crippen LogP contribution in [0.2, 0.25) is 0 Å². The van der Waals surface area contributed by atoms with Gasteiger partial charge in [-0.05, 0) is 0 Å². The molecule has 5 nitrogen and oxygen atoms in total. The summed E-state index contributed by atoms with van der Waals surface area (Å²) in [5.41, 5.74) is 1.37. The maximum Gasteiger partial charge on any atom is 0.269 e. The van der Waals surface area contributed by atoms with E-state index >= 15 is 0 Å². The summed E-state index contributed by atoms with van der Waals surface area (Å²) in [7, 11) is 0. The lowest BCUT2D eigenvalue weighted by atomic mass is 10.2. The molecule has 0 saturated carbocycles. The second kappa shape index (κ2) is 6.79. The van der Waals surface area contributed by atoms with Crippen molar-refractivity contribution in [2.75, 3.05) is 24.6 Å². The number of nitrogens with zero attached hydrogens (tertiary/aromatic N) is 3. The van der Waals surface area contributed by atoms with Gasteiger partial charge in [-0.25, -0.2) is 4.98 Å². The Morgan fingerprint density at radius 1 is 1.18 bits per heavy atom. The quantitative estimate of drug-likeness (QED) is 0.861. The molecule has 22 heavy (non-hydrogen) atoms. The van der Waals surface area contributed by atoms with E-state index in [1.165, 1.54) is 10.8 Å². The number of benzene rings is 1. The molecule has 0 atom stereocenters. The number of hydrogen-bond donors (Lipinski definition) is 0. The number of thioether (sulfide) groups is 1. The predicted molar refractivity (Wildman–Crippen MR) is 87.8 cm³/mol.